The topological polar surface area (TPSA) is 84.6 Å². The summed E-state index contributed by atoms with van der Waals surface area (Å²) in [4.78, 5) is 11.1. The number of halogens is 1. The van der Waals surface area contributed by atoms with Gasteiger partial charge in [-0.15, -0.1) is 0 Å². The zero-order valence-electron chi connectivity index (χ0n) is 12.4. The van der Waals surface area contributed by atoms with Crippen molar-refractivity contribution in [3.05, 3.63) is 35.6 Å². The average molecular weight is 298 g/mol. The van der Waals surface area contributed by atoms with Crippen LogP contribution in [0.25, 0.3) is 0 Å². The second-order valence-corrected chi connectivity index (χ2v) is 5.64. The number of carbonyl (C=O) groups excluding carboxylic acids is 1. The van der Waals surface area contributed by atoms with Crippen LogP contribution in [0.3, 0.4) is 0 Å². The van der Waals surface area contributed by atoms with E-state index < -0.39 is 17.4 Å². The zero-order valence-corrected chi connectivity index (χ0v) is 12.4. The van der Waals surface area contributed by atoms with Crippen molar-refractivity contribution in [3.63, 3.8) is 0 Å². The van der Waals surface area contributed by atoms with E-state index in [1.165, 1.54) is 6.07 Å². The Hall–Kier alpha value is -1.50. The molecule has 0 aromatic heterocycles. The van der Waals surface area contributed by atoms with E-state index in [1.807, 2.05) is 0 Å². The number of benzene rings is 1. The van der Waals surface area contributed by atoms with Gasteiger partial charge in [-0.1, -0.05) is 18.2 Å². The molecule has 1 aromatic carbocycles. The summed E-state index contributed by atoms with van der Waals surface area (Å²) in [6, 6.07) is 6.34. The summed E-state index contributed by atoms with van der Waals surface area (Å²) in [5.41, 5.74) is 5.02. The van der Waals surface area contributed by atoms with Crippen molar-refractivity contribution in [2.24, 2.45) is 11.1 Å². The monoisotopic (exact) mass is 298 g/mol. The van der Waals surface area contributed by atoms with Crippen LogP contribution in [0.1, 0.15) is 19.4 Å². The minimum Gasteiger partial charge on any atom is -0.389 e. The molecule has 118 valence electrons. The van der Waals surface area contributed by atoms with Gasteiger partial charge in [0.25, 0.3) is 0 Å². The first-order valence-electron chi connectivity index (χ1n) is 6.83. The number of rotatable bonds is 9. The highest BCUT2D eigenvalue weighted by molar-refractivity contribution is 5.80. The van der Waals surface area contributed by atoms with E-state index in [2.05, 4.69) is 5.32 Å². The lowest BCUT2D eigenvalue weighted by atomic mass is 9.93. The van der Waals surface area contributed by atoms with Crippen LogP contribution in [0.2, 0.25) is 0 Å². The summed E-state index contributed by atoms with van der Waals surface area (Å²) in [5.74, 6) is -0.728. The predicted octanol–water partition coefficient (Wildman–Crippen LogP) is 0.804. The molecule has 6 heteroatoms. The maximum Gasteiger partial charge on any atom is 0.224 e. The van der Waals surface area contributed by atoms with Crippen LogP contribution in [0.4, 0.5) is 4.39 Å². The number of carbonyl (C=O) groups is 1. The number of aliphatic hydroxyl groups is 1. The van der Waals surface area contributed by atoms with E-state index in [0.717, 1.165) is 0 Å². The molecule has 1 unspecified atom stereocenters. The molecule has 0 bridgehead atoms. The molecule has 0 fully saturated rings. The van der Waals surface area contributed by atoms with Gasteiger partial charge in [-0.2, -0.15) is 0 Å². The van der Waals surface area contributed by atoms with Gasteiger partial charge < -0.3 is 20.9 Å². The number of hydrogen-bond acceptors (Lipinski definition) is 4. The minimum atomic E-state index is -0.736. The van der Waals surface area contributed by atoms with E-state index in [1.54, 1.807) is 32.0 Å². The maximum absolute atomic E-state index is 13.3. The summed E-state index contributed by atoms with van der Waals surface area (Å²) in [6.07, 6.45) is -0.736. The lowest BCUT2D eigenvalue weighted by Crippen LogP contribution is -2.43. The number of primary amides is 1. The van der Waals surface area contributed by atoms with Crippen LogP contribution < -0.4 is 11.1 Å². The van der Waals surface area contributed by atoms with Gasteiger partial charge in [0, 0.05) is 18.7 Å². The highest BCUT2D eigenvalue weighted by atomic mass is 19.1. The first-order chi connectivity index (χ1) is 9.83. The minimum absolute atomic E-state index is 0.0817. The van der Waals surface area contributed by atoms with E-state index in [4.69, 9.17) is 10.5 Å². The number of nitrogens with one attached hydrogen (secondary N) is 1. The molecule has 1 amide bonds. The van der Waals surface area contributed by atoms with Crippen molar-refractivity contribution < 1.29 is 19.0 Å². The molecule has 0 saturated carbocycles. The van der Waals surface area contributed by atoms with Crippen molar-refractivity contribution in [3.8, 4) is 0 Å². The molecule has 5 nitrogen and oxygen atoms in total. The Morgan fingerprint density at radius 3 is 2.76 bits per heavy atom. The number of nitrogens with two attached hydrogens (primary N) is 1. The SMILES string of the molecule is CC(C)(CNCC(O)COCc1ccccc1F)C(N)=O. The lowest BCUT2D eigenvalue weighted by molar-refractivity contribution is -0.125. The number of hydrogen-bond donors (Lipinski definition) is 3. The number of aliphatic hydroxyl groups excluding tert-OH is 1. The molecule has 0 saturated heterocycles. The molecule has 0 radical (unpaired) electrons. The predicted molar refractivity (Wildman–Crippen MR) is 77.9 cm³/mol. The van der Waals surface area contributed by atoms with Gasteiger partial charge >= 0.3 is 0 Å². The van der Waals surface area contributed by atoms with Crippen LogP contribution in [-0.2, 0) is 16.1 Å². The fourth-order valence-electron chi connectivity index (χ4n) is 1.62. The highest BCUT2D eigenvalue weighted by Crippen LogP contribution is 2.11. The van der Waals surface area contributed by atoms with Gasteiger partial charge in [0.2, 0.25) is 5.91 Å². The van der Waals surface area contributed by atoms with Gasteiger partial charge in [-0.05, 0) is 19.9 Å². The molecule has 1 rings (SSSR count). The fraction of sp³-hybridized carbons (Fsp3) is 0.533. The lowest BCUT2D eigenvalue weighted by Gasteiger charge is -2.22. The zero-order chi connectivity index (χ0) is 15.9. The van der Waals surface area contributed by atoms with E-state index in [-0.39, 0.29) is 25.6 Å². The fourth-order valence-corrected chi connectivity index (χ4v) is 1.62. The second-order valence-electron chi connectivity index (χ2n) is 5.64. The van der Waals surface area contributed by atoms with Crippen molar-refractivity contribution in [1.82, 2.24) is 5.32 Å². The van der Waals surface area contributed by atoms with Gasteiger partial charge in [0.15, 0.2) is 0 Å². The van der Waals surface area contributed by atoms with Crippen molar-refractivity contribution in [1.29, 1.82) is 0 Å². The molecule has 4 N–H and O–H groups in total. The van der Waals surface area contributed by atoms with Gasteiger partial charge in [-0.25, -0.2) is 4.39 Å². The van der Waals surface area contributed by atoms with Gasteiger partial charge in [0.1, 0.15) is 5.82 Å². The molecule has 0 aliphatic rings. The Bertz CT molecular complexity index is 466. The Kier molecular flexibility index (Phi) is 6.74. The van der Waals surface area contributed by atoms with Crippen LogP contribution in [0, 0.1) is 11.2 Å². The summed E-state index contributed by atoms with van der Waals surface area (Å²) >= 11 is 0. The van der Waals surface area contributed by atoms with Crippen molar-refractivity contribution in [2.75, 3.05) is 19.7 Å². The number of ether oxygens (including phenoxy) is 1. The highest BCUT2D eigenvalue weighted by Gasteiger charge is 2.24. The molecule has 0 aliphatic carbocycles. The summed E-state index contributed by atoms with van der Waals surface area (Å²) < 4.78 is 18.6. The van der Waals surface area contributed by atoms with Crippen LogP contribution in [0.5, 0.6) is 0 Å². The molecule has 0 aliphatic heterocycles. The first-order valence-corrected chi connectivity index (χ1v) is 6.83. The molecule has 0 heterocycles. The Balaban J connectivity index is 2.22. The molecular weight excluding hydrogens is 275 g/mol. The summed E-state index contributed by atoms with van der Waals surface area (Å²) in [7, 11) is 0. The largest absolute Gasteiger partial charge is 0.389 e. The Morgan fingerprint density at radius 2 is 2.14 bits per heavy atom. The second kappa shape index (κ2) is 8.07. The van der Waals surface area contributed by atoms with Gasteiger partial charge in [0.05, 0.1) is 24.7 Å². The molecular formula is C15H23FN2O3. The molecule has 1 atom stereocenters. The van der Waals surface area contributed by atoms with Crippen LogP contribution in [0.15, 0.2) is 24.3 Å². The molecule has 1 aromatic rings. The third-order valence-electron chi connectivity index (χ3n) is 3.14. The third-order valence-corrected chi connectivity index (χ3v) is 3.14. The first kappa shape index (κ1) is 17.6. The van der Waals surface area contributed by atoms with E-state index in [0.29, 0.717) is 12.1 Å². The number of amides is 1. The third kappa shape index (κ3) is 6.20. The Labute approximate surface area is 124 Å². The summed E-state index contributed by atoms with van der Waals surface area (Å²) in [5, 5.41) is 12.7. The van der Waals surface area contributed by atoms with Crippen molar-refractivity contribution in [2.45, 2.75) is 26.6 Å². The van der Waals surface area contributed by atoms with Crippen LogP contribution >= 0.6 is 0 Å². The van der Waals surface area contributed by atoms with Crippen LogP contribution in [-0.4, -0.2) is 36.8 Å². The normalized spacial score (nSPS) is 13.1. The average Bonchev–Trinajstić information content (AvgIpc) is 2.40. The van der Waals surface area contributed by atoms with E-state index >= 15 is 0 Å². The Morgan fingerprint density at radius 1 is 1.48 bits per heavy atom. The maximum atomic E-state index is 13.3. The summed E-state index contributed by atoms with van der Waals surface area (Å²) in [6.45, 7) is 4.28. The van der Waals surface area contributed by atoms with Gasteiger partial charge in [-0.3, -0.25) is 4.79 Å². The smallest absolute Gasteiger partial charge is 0.224 e. The molecule has 21 heavy (non-hydrogen) atoms. The standard InChI is InChI=1S/C15H23FN2O3/c1-15(2,14(17)20)10-18-7-12(19)9-21-8-11-5-3-4-6-13(11)16/h3-6,12,18-19H,7-10H2,1-2H3,(H2,17,20). The van der Waals surface area contributed by atoms with E-state index in [9.17, 15) is 14.3 Å². The molecule has 0 spiro atoms. The quantitative estimate of drug-likeness (QED) is 0.630. The van der Waals surface area contributed by atoms with Crippen molar-refractivity contribution >= 4 is 5.91 Å².